The molecule has 0 bridgehead atoms. The lowest BCUT2D eigenvalue weighted by molar-refractivity contribution is -0.130. The van der Waals surface area contributed by atoms with Gasteiger partial charge in [-0.3, -0.25) is 14.4 Å². The second-order valence-corrected chi connectivity index (χ2v) is 7.69. The zero-order valence-electron chi connectivity index (χ0n) is 16.7. The Morgan fingerprint density at radius 3 is 2.20 bits per heavy atom. The summed E-state index contributed by atoms with van der Waals surface area (Å²) in [5.74, 6) is -1.64. The normalized spacial score (nSPS) is 15.7. The molecule has 4 rings (SSSR count). The third-order valence-electron chi connectivity index (χ3n) is 5.44. The van der Waals surface area contributed by atoms with E-state index in [1.54, 1.807) is 68.4 Å². The van der Waals surface area contributed by atoms with Crippen LogP contribution >= 0.6 is 0 Å². The van der Waals surface area contributed by atoms with Crippen LogP contribution in [-0.2, 0) is 4.79 Å². The molecule has 1 aliphatic rings. The van der Waals surface area contributed by atoms with Crippen molar-refractivity contribution in [2.24, 2.45) is 0 Å². The molecule has 0 unspecified atom stereocenters. The number of carbonyl (C=O) groups is 4. The quantitative estimate of drug-likeness (QED) is 0.378. The highest BCUT2D eigenvalue weighted by Gasteiger charge is 2.54. The van der Waals surface area contributed by atoms with Gasteiger partial charge in [-0.05, 0) is 30.7 Å². The number of ketones is 1. The Morgan fingerprint density at radius 1 is 0.833 bits per heavy atom. The van der Waals surface area contributed by atoms with Crippen LogP contribution < -0.4 is 0 Å². The molecule has 0 spiro atoms. The average molecular weight is 400 g/mol. The molecular formula is C24H20N2O4. The highest BCUT2D eigenvalue weighted by atomic mass is 16.2. The number of carbonyl (C=O) groups excluding carboxylic acids is 4. The molecule has 6 heteroatoms. The Labute approximate surface area is 173 Å². The molecule has 1 aliphatic heterocycles. The Hall–Kier alpha value is -3.80. The summed E-state index contributed by atoms with van der Waals surface area (Å²) in [5.41, 5.74) is -0.615. The van der Waals surface area contributed by atoms with Crippen molar-refractivity contribution in [2.45, 2.75) is 19.4 Å². The maximum Gasteiger partial charge on any atom is 0.335 e. The first-order valence-electron chi connectivity index (χ1n) is 9.59. The van der Waals surface area contributed by atoms with Crippen LogP contribution in [0.3, 0.4) is 0 Å². The third kappa shape index (κ3) is 3.06. The monoisotopic (exact) mass is 400 g/mol. The van der Waals surface area contributed by atoms with E-state index >= 15 is 0 Å². The predicted octanol–water partition coefficient (Wildman–Crippen LogP) is 3.91. The summed E-state index contributed by atoms with van der Waals surface area (Å²) in [7, 11) is 0. The predicted molar refractivity (Wildman–Crippen MR) is 112 cm³/mol. The Kier molecular flexibility index (Phi) is 4.70. The SMILES string of the molecule is CC1(C)C(=O)N(C(=O)c2cccc3ccccc23)C(=O)N1CC(=O)c1ccccc1. The van der Waals surface area contributed by atoms with Crippen LogP contribution in [0, 0.1) is 0 Å². The van der Waals surface area contributed by atoms with E-state index in [4.69, 9.17) is 0 Å². The third-order valence-corrected chi connectivity index (χ3v) is 5.44. The molecule has 3 aromatic rings. The number of Topliss-reactive ketones (excluding diaryl/α,β-unsaturated/α-hetero) is 1. The number of rotatable bonds is 4. The van der Waals surface area contributed by atoms with Gasteiger partial charge in [-0.1, -0.05) is 66.7 Å². The fourth-order valence-corrected chi connectivity index (χ4v) is 3.67. The van der Waals surface area contributed by atoms with Crippen molar-refractivity contribution >= 4 is 34.4 Å². The Bertz CT molecular complexity index is 1180. The zero-order chi connectivity index (χ0) is 21.5. The van der Waals surface area contributed by atoms with Crippen molar-refractivity contribution in [3.05, 3.63) is 83.9 Å². The van der Waals surface area contributed by atoms with Gasteiger partial charge in [-0.15, -0.1) is 0 Å². The van der Waals surface area contributed by atoms with E-state index in [-0.39, 0.29) is 17.9 Å². The number of hydrogen-bond acceptors (Lipinski definition) is 4. The minimum atomic E-state index is -1.32. The van der Waals surface area contributed by atoms with Gasteiger partial charge in [0.15, 0.2) is 5.78 Å². The van der Waals surface area contributed by atoms with E-state index in [2.05, 4.69) is 0 Å². The standard InChI is InChI=1S/C24H20N2O4/c1-24(2)22(29)26(21(28)19-14-8-12-16-9-6-7-13-18(16)19)23(30)25(24)15-20(27)17-10-4-3-5-11-17/h3-14H,15H2,1-2H3. The summed E-state index contributed by atoms with van der Waals surface area (Å²) < 4.78 is 0. The first-order valence-corrected chi connectivity index (χ1v) is 9.59. The smallest absolute Gasteiger partial charge is 0.302 e. The van der Waals surface area contributed by atoms with Crippen molar-refractivity contribution in [1.29, 1.82) is 0 Å². The minimum absolute atomic E-state index is 0.266. The molecule has 1 saturated heterocycles. The van der Waals surface area contributed by atoms with Crippen LogP contribution in [0.25, 0.3) is 10.8 Å². The van der Waals surface area contributed by atoms with Gasteiger partial charge in [0.2, 0.25) is 0 Å². The molecule has 150 valence electrons. The van der Waals surface area contributed by atoms with Crippen molar-refractivity contribution in [3.8, 4) is 0 Å². The highest BCUT2D eigenvalue weighted by molar-refractivity contribution is 6.25. The van der Waals surface area contributed by atoms with Crippen molar-refractivity contribution < 1.29 is 19.2 Å². The number of benzene rings is 3. The van der Waals surface area contributed by atoms with Gasteiger partial charge in [-0.25, -0.2) is 4.79 Å². The fourth-order valence-electron chi connectivity index (χ4n) is 3.67. The number of urea groups is 1. The van der Waals surface area contributed by atoms with Crippen molar-refractivity contribution in [2.75, 3.05) is 6.54 Å². The largest absolute Gasteiger partial charge is 0.335 e. The van der Waals surface area contributed by atoms with Gasteiger partial charge < -0.3 is 4.90 Å². The van der Waals surface area contributed by atoms with E-state index in [9.17, 15) is 19.2 Å². The molecule has 1 heterocycles. The zero-order valence-corrected chi connectivity index (χ0v) is 16.7. The summed E-state index contributed by atoms with van der Waals surface area (Å²) in [4.78, 5) is 53.9. The Balaban J connectivity index is 1.68. The average Bonchev–Trinajstić information content (AvgIpc) is 2.92. The lowest BCUT2D eigenvalue weighted by Gasteiger charge is -2.26. The molecule has 0 saturated carbocycles. The maximum absolute atomic E-state index is 13.2. The number of fused-ring (bicyclic) bond motifs is 1. The summed E-state index contributed by atoms with van der Waals surface area (Å²) in [5, 5.41) is 1.49. The van der Waals surface area contributed by atoms with Crippen LogP contribution in [0.5, 0.6) is 0 Å². The summed E-state index contributed by atoms with van der Waals surface area (Å²) >= 11 is 0. The first kappa shape index (κ1) is 19.5. The van der Waals surface area contributed by atoms with E-state index in [1.807, 2.05) is 18.2 Å². The number of nitrogens with zero attached hydrogens (tertiary/aromatic N) is 2. The van der Waals surface area contributed by atoms with Gasteiger partial charge in [0.25, 0.3) is 11.8 Å². The van der Waals surface area contributed by atoms with Crippen LogP contribution in [-0.4, -0.2) is 45.5 Å². The maximum atomic E-state index is 13.2. The van der Waals surface area contributed by atoms with Crippen LogP contribution in [0.1, 0.15) is 34.6 Å². The molecule has 0 atom stereocenters. The highest BCUT2D eigenvalue weighted by Crippen LogP contribution is 2.30. The second kappa shape index (κ2) is 7.22. The van der Waals surface area contributed by atoms with Gasteiger partial charge in [-0.2, -0.15) is 4.90 Å². The molecule has 0 aliphatic carbocycles. The van der Waals surface area contributed by atoms with Gasteiger partial charge >= 0.3 is 6.03 Å². The first-order chi connectivity index (χ1) is 14.3. The molecule has 1 fully saturated rings. The van der Waals surface area contributed by atoms with Crippen molar-refractivity contribution in [1.82, 2.24) is 9.80 Å². The van der Waals surface area contributed by atoms with E-state index < -0.39 is 23.4 Å². The van der Waals surface area contributed by atoms with E-state index in [0.29, 0.717) is 15.8 Å². The molecule has 4 amide bonds. The van der Waals surface area contributed by atoms with Crippen LogP contribution in [0.15, 0.2) is 72.8 Å². The van der Waals surface area contributed by atoms with Crippen molar-refractivity contribution in [3.63, 3.8) is 0 Å². The molecule has 0 N–H and O–H groups in total. The second-order valence-electron chi connectivity index (χ2n) is 7.69. The van der Waals surface area contributed by atoms with E-state index in [0.717, 1.165) is 10.3 Å². The number of amides is 4. The molecule has 30 heavy (non-hydrogen) atoms. The summed E-state index contributed by atoms with van der Waals surface area (Å²) in [6.07, 6.45) is 0. The van der Waals surface area contributed by atoms with Gasteiger partial charge in [0, 0.05) is 11.1 Å². The van der Waals surface area contributed by atoms with Crippen LogP contribution in [0.4, 0.5) is 4.79 Å². The molecular weight excluding hydrogens is 380 g/mol. The molecule has 0 aromatic heterocycles. The number of hydrogen-bond donors (Lipinski definition) is 0. The van der Waals surface area contributed by atoms with E-state index in [1.165, 1.54) is 0 Å². The fraction of sp³-hybridized carbons (Fsp3) is 0.167. The molecule has 6 nitrogen and oxygen atoms in total. The number of imide groups is 3. The minimum Gasteiger partial charge on any atom is -0.302 e. The van der Waals surface area contributed by atoms with Gasteiger partial charge in [0.05, 0.1) is 6.54 Å². The lowest BCUT2D eigenvalue weighted by atomic mass is 10.0. The van der Waals surface area contributed by atoms with Gasteiger partial charge in [0.1, 0.15) is 5.54 Å². The molecule has 3 aromatic carbocycles. The lowest BCUT2D eigenvalue weighted by Crippen LogP contribution is -2.46. The Morgan fingerprint density at radius 2 is 1.47 bits per heavy atom. The summed E-state index contributed by atoms with van der Waals surface area (Å²) in [6.45, 7) is 2.80. The van der Waals surface area contributed by atoms with Crippen LogP contribution in [0.2, 0.25) is 0 Å². The topological polar surface area (TPSA) is 74.8 Å². The molecule has 0 radical (unpaired) electrons. The summed E-state index contributed by atoms with van der Waals surface area (Å²) in [6, 6.07) is 20.2.